The van der Waals surface area contributed by atoms with Crippen LogP contribution in [0.3, 0.4) is 0 Å². The second-order valence-electron chi connectivity index (χ2n) is 5.56. The van der Waals surface area contributed by atoms with Gasteiger partial charge in [0.1, 0.15) is 5.75 Å². The number of aryl methyl sites for hydroxylation is 1. The molecule has 1 atom stereocenters. The minimum Gasteiger partial charge on any atom is -0.490 e. The summed E-state index contributed by atoms with van der Waals surface area (Å²) < 4.78 is 6.20. The zero-order valence-corrected chi connectivity index (χ0v) is 11.6. The molecule has 0 aliphatic heterocycles. The fourth-order valence-electron chi connectivity index (χ4n) is 2.67. The van der Waals surface area contributed by atoms with Crippen molar-refractivity contribution >= 4 is 0 Å². The Morgan fingerprint density at radius 1 is 1.17 bits per heavy atom. The number of hydrogen-bond acceptors (Lipinski definition) is 2. The highest BCUT2D eigenvalue weighted by Gasteiger charge is 2.16. The smallest absolute Gasteiger partial charge is 0.124 e. The summed E-state index contributed by atoms with van der Waals surface area (Å²) >= 11 is 0. The van der Waals surface area contributed by atoms with Gasteiger partial charge in [-0.3, -0.25) is 0 Å². The Bertz CT molecular complexity index is 379. The highest BCUT2D eigenvalue weighted by atomic mass is 16.5. The molecule has 0 amide bonds. The lowest BCUT2D eigenvalue weighted by Crippen LogP contribution is -2.17. The first kappa shape index (κ1) is 13.4. The molecule has 1 saturated carbocycles. The van der Waals surface area contributed by atoms with Crippen molar-refractivity contribution in [1.29, 1.82) is 0 Å². The average Bonchev–Trinajstić information content (AvgIpc) is 2.60. The first-order chi connectivity index (χ1) is 8.66. The third-order valence-corrected chi connectivity index (χ3v) is 3.75. The molecule has 100 valence electrons. The van der Waals surface area contributed by atoms with Crippen molar-refractivity contribution in [3.8, 4) is 5.75 Å². The molecule has 0 saturated heterocycles. The molecule has 2 N–H and O–H groups in total. The lowest BCUT2D eigenvalue weighted by molar-refractivity contribution is 0.181. The fourth-order valence-corrected chi connectivity index (χ4v) is 2.67. The fraction of sp³-hybridized carbons (Fsp3) is 0.625. The van der Waals surface area contributed by atoms with Gasteiger partial charge in [0.25, 0.3) is 0 Å². The Kier molecular flexibility index (Phi) is 4.65. The molecule has 1 aromatic rings. The zero-order valence-electron chi connectivity index (χ0n) is 11.6. The Morgan fingerprint density at radius 3 is 2.44 bits per heavy atom. The van der Waals surface area contributed by atoms with E-state index in [-0.39, 0.29) is 6.04 Å². The molecular weight excluding hydrogens is 222 g/mol. The van der Waals surface area contributed by atoms with Gasteiger partial charge in [-0.15, -0.1) is 0 Å². The minimum absolute atomic E-state index is 0.0330. The molecule has 1 aliphatic carbocycles. The molecule has 0 aromatic heterocycles. The van der Waals surface area contributed by atoms with Gasteiger partial charge in [0, 0.05) is 11.6 Å². The number of hydrogen-bond donors (Lipinski definition) is 1. The Hall–Kier alpha value is -1.02. The lowest BCUT2D eigenvalue weighted by Gasteiger charge is -2.21. The molecule has 1 unspecified atom stereocenters. The molecule has 0 radical (unpaired) electrons. The highest BCUT2D eigenvalue weighted by Crippen LogP contribution is 2.29. The lowest BCUT2D eigenvalue weighted by atomic mass is 10.0. The van der Waals surface area contributed by atoms with Crippen LogP contribution in [-0.2, 0) is 0 Å². The number of benzene rings is 1. The van der Waals surface area contributed by atoms with Crippen LogP contribution in [0.2, 0.25) is 0 Å². The summed E-state index contributed by atoms with van der Waals surface area (Å²) in [6, 6.07) is 6.37. The quantitative estimate of drug-likeness (QED) is 0.816. The zero-order chi connectivity index (χ0) is 13.0. The Morgan fingerprint density at radius 2 is 1.83 bits per heavy atom. The van der Waals surface area contributed by atoms with Crippen LogP contribution in [0.5, 0.6) is 5.75 Å². The van der Waals surface area contributed by atoms with Crippen molar-refractivity contribution in [2.75, 3.05) is 0 Å². The van der Waals surface area contributed by atoms with Crippen molar-refractivity contribution in [1.82, 2.24) is 0 Å². The Labute approximate surface area is 111 Å². The predicted octanol–water partition coefficient (Wildman–Crippen LogP) is 4.12. The maximum Gasteiger partial charge on any atom is 0.124 e. The number of rotatable bonds is 3. The van der Waals surface area contributed by atoms with Gasteiger partial charge in [-0.2, -0.15) is 0 Å². The van der Waals surface area contributed by atoms with E-state index in [0.29, 0.717) is 6.10 Å². The van der Waals surface area contributed by atoms with Crippen LogP contribution in [0.15, 0.2) is 18.2 Å². The van der Waals surface area contributed by atoms with Crippen molar-refractivity contribution in [3.63, 3.8) is 0 Å². The molecule has 2 rings (SSSR count). The van der Waals surface area contributed by atoms with E-state index in [1.165, 1.54) is 44.1 Å². The molecule has 18 heavy (non-hydrogen) atoms. The van der Waals surface area contributed by atoms with Crippen molar-refractivity contribution in [2.24, 2.45) is 5.73 Å². The standard InChI is InChI=1S/C16H25NO/c1-12-9-10-16(15(11-12)13(2)17)18-14-7-5-3-4-6-8-14/h9-11,13-14H,3-8,17H2,1-2H3. The van der Waals surface area contributed by atoms with Gasteiger partial charge >= 0.3 is 0 Å². The Balaban J connectivity index is 2.12. The monoisotopic (exact) mass is 247 g/mol. The highest BCUT2D eigenvalue weighted by molar-refractivity contribution is 5.38. The van der Waals surface area contributed by atoms with Crippen molar-refractivity contribution < 1.29 is 4.74 Å². The van der Waals surface area contributed by atoms with Crippen LogP contribution in [-0.4, -0.2) is 6.10 Å². The predicted molar refractivity (Wildman–Crippen MR) is 75.9 cm³/mol. The second kappa shape index (κ2) is 6.24. The summed E-state index contributed by atoms with van der Waals surface area (Å²) in [6.45, 7) is 4.12. The van der Waals surface area contributed by atoms with Crippen LogP contribution >= 0.6 is 0 Å². The number of ether oxygens (including phenoxy) is 1. The first-order valence-corrected chi connectivity index (χ1v) is 7.19. The third-order valence-electron chi connectivity index (χ3n) is 3.75. The summed E-state index contributed by atoms with van der Waals surface area (Å²) in [5.74, 6) is 0.988. The molecule has 0 heterocycles. The van der Waals surface area contributed by atoms with E-state index in [1.54, 1.807) is 0 Å². The van der Waals surface area contributed by atoms with E-state index < -0.39 is 0 Å². The molecular formula is C16H25NO. The van der Waals surface area contributed by atoms with E-state index >= 15 is 0 Å². The molecule has 1 aliphatic rings. The first-order valence-electron chi connectivity index (χ1n) is 7.19. The molecule has 0 bridgehead atoms. The van der Waals surface area contributed by atoms with Gasteiger partial charge in [-0.05, 0) is 45.6 Å². The van der Waals surface area contributed by atoms with Crippen LogP contribution in [0.25, 0.3) is 0 Å². The van der Waals surface area contributed by atoms with Crippen molar-refractivity contribution in [3.05, 3.63) is 29.3 Å². The summed E-state index contributed by atoms with van der Waals surface area (Å²) in [4.78, 5) is 0. The van der Waals surface area contributed by atoms with Crippen molar-refractivity contribution in [2.45, 2.75) is 64.5 Å². The largest absolute Gasteiger partial charge is 0.490 e. The molecule has 0 spiro atoms. The maximum absolute atomic E-state index is 6.20. The van der Waals surface area contributed by atoms with E-state index in [4.69, 9.17) is 10.5 Å². The van der Waals surface area contributed by atoms with Gasteiger partial charge in [0.15, 0.2) is 0 Å². The van der Waals surface area contributed by atoms with Crippen LogP contribution in [0, 0.1) is 6.92 Å². The third kappa shape index (κ3) is 3.49. The minimum atomic E-state index is 0.0330. The normalized spacial score (nSPS) is 19.3. The maximum atomic E-state index is 6.20. The summed E-state index contributed by atoms with van der Waals surface area (Å²) in [5, 5.41) is 0. The number of nitrogens with two attached hydrogens (primary N) is 1. The van der Waals surface area contributed by atoms with Gasteiger partial charge in [-0.25, -0.2) is 0 Å². The van der Waals surface area contributed by atoms with Gasteiger partial charge in [0.05, 0.1) is 6.10 Å². The average molecular weight is 247 g/mol. The second-order valence-corrected chi connectivity index (χ2v) is 5.56. The summed E-state index contributed by atoms with van der Waals surface area (Å²) in [7, 11) is 0. The van der Waals surface area contributed by atoms with Gasteiger partial charge in [0.2, 0.25) is 0 Å². The topological polar surface area (TPSA) is 35.2 Å². The van der Waals surface area contributed by atoms with Crippen LogP contribution < -0.4 is 10.5 Å². The SMILES string of the molecule is Cc1ccc(OC2CCCCCC2)c(C(C)N)c1. The van der Waals surface area contributed by atoms with E-state index in [2.05, 4.69) is 25.1 Å². The van der Waals surface area contributed by atoms with Gasteiger partial charge in [-0.1, -0.05) is 30.5 Å². The summed E-state index contributed by atoms with van der Waals surface area (Å²) in [5.41, 5.74) is 8.42. The van der Waals surface area contributed by atoms with E-state index in [0.717, 1.165) is 11.3 Å². The molecule has 2 heteroatoms. The van der Waals surface area contributed by atoms with Crippen LogP contribution in [0.4, 0.5) is 0 Å². The molecule has 1 aromatic carbocycles. The van der Waals surface area contributed by atoms with Gasteiger partial charge < -0.3 is 10.5 Å². The van der Waals surface area contributed by atoms with Crippen LogP contribution in [0.1, 0.15) is 62.6 Å². The van der Waals surface area contributed by atoms with E-state index in [1.807, 2.05) is 6.92 Å². The molecule has 2 nitrogen and oxygen atoms in total. The van der Waals surface area contributed by atoms with E-state index in [9.17, 15) is 0 Å². The molecule has 1 fully saturated rings. The summed E-state index contributed by atoms with van der Waals surface area (Å²) in [6.07, 6.45) is 8.06.